The third-order valence-electron chi connectivity index (χ3n) is 5.88. The molecule has 7 heteroatoms. The number of nitrogens with zero attached hydrogens (tertiary/aromatic N) is 1. The fourth-order valence-corrected chi connectivity index (χ4v) is 5.26. The SMILES string of the molecule is COc1ccc(C2Nc3ccc(S(=O)(=O)N(C)C)cc3C3C=CCC32)cc1OC. The fraction of sp³-hybridized carbons (Fsp3) is 0.364. The standard InChI is InChI=1S/C22H26N2O4S/c1-24(2)29(25,26)15-9-10-19-18(13-15)16-6-5-7-17(16)22(23-19)14-8-11-20(27-3)21(12-14)28-4/h5-6,8-13,16-17,22-23H,7H2,1-4H3. The molecule has 0 saturated carbocycles. The van der Waals surface area contributed by atoms with Crippen LogP contribution in [0.3, 0.4) is 0 Å². The molecule has 2 aliphatic rings. The maximum atomic E-state index is 12.6. The van der Waals surface area contributed by atoms with Gasteiger partial charge < -0.3 is 14.8 Å². The van der Waals surface area contributed by atoms with E-state index in [2.05, 4.69) is 23.5 Å². The molecule has 0 fully saturated rings. The van der Waals surface area contributed by atoms with Crippen LogP contribution in [0.15, 0.2) is 53.4 Å². The first-order valence-electron chi connectivity index (χ1n) is 9.58. The average Bonchev–Trinajstić information content (AvgIpc) is 3.22. The smallest absolute Gasteiger partial charge is 0.242 e. The number of hydrogen-bond donors (Lipinski definition) is 1. The van der Waals surface area contributed by atoms with E-state index in [4.69, 9.17) is 9.47 Å². The van der Waals surface area contributed by atoms with E-state index in [1.54, 1.807) is 34.4 Å². The summed E-state index contributed by atoms with van der Waals surface area (Å²) in [6.45, 7) is 0. The molecule has 1 aliphatic carbocycles. The van der Waals surface area contributed by atoms with Crippen molar-refractivity contribution in [2.45, 2.75) is 23.3 Å². The van der Waals surface area contributed by atoms with Gasteiger partial charge in [-0.15, -0.1) is 0 Å². The Kier molecular flexibility index (Phi) is 5.04. The average molecular weight is 415 g/mol. The summed E-state index contributed by atoms with van der Waals surface area (Å²) in [5, 5.41) is 3.64. The van der Waals surface area contributed by atoms with Gasteiger partial charge in [0.15, 0.2) is 11.5 Å². The summed E-state index contributed by atoms with van der Waals surface area (Å²) in [6.07, 6.45) is 5.32. The van der Waals surface area contributed by atoms with Crippen LogP contribution in [-0.2, 0) is 10.0 Å². The van der Waals surface area contributed by atoms with E-state index >= 15 is 0 Å². The van der Waals surface area contributed by atoms with E-state index < -0.39 is 10.0 Å². The highest BCUT2D eigenvalue weighted by atomic mass is 32.2. The number of rotatable bonds is 5. The summed E-state index contributed by atoms with van der Waals surface area (Å²) >= 11 is 0. The highest BCUT2D eigenvalue weighted by Gasteiger charge is 2.38. The molecule has 2 aromatic rings. The molecule has 4 rings (SSSR count). The Morgan fingerprint density at radius 3 is 2.48 bits per heavy atom. The zero-order valence-electron chi connectivity index (χ0n) is 17.0. The lowest BCUT2D eigenvalue weighted by Crippen LogP contribution is -2.29. The van der Waals surface area contributed by atoms with Gasteiger partial charge in [0, 0.05) is 25.7 Å². The Labute approximate surface area is 172 Å². The van der Waals surface area contributed by atoms with Crippen molar-refractivity contribution in [3.8, 4) is 11.5 Å². The van der Waals surface area contributed by atoms with Gasteiger partial charge in [0.1, 0.15) is 0 Å². The molecule has 0 bridgehead atoms. The summed E-state index contributed by atoms with van der Waals surface area (Å²) in [5.41, 5.74) is 3.12. The van der Waals surface area contributed by atoms with E-state index in [1.165, 1.54) is 4.31 Å². The number of nitrogens with one attached hydrogen (secondary N) is 1. The Balaban J connectivity index is 1.75. The summed E-state index contributed by atoms with van der Waals surface area (Å²) in [7, 11) is 2.90. The predicted octanol–water partition coefficient (Wildman–Crippen LogP) is 3.78. The summed E-state index contributed by atoms with van der Waals surface area (Å²) < 4.78 is 37.3. The Bertz CT molecular complexity index is 1060. The highest BCUT2D eigenvalue weighted by Crippen LogP contribution is 2.50. The largest absolute Gasteiger partial charge is 0.493 e. The van der Waals surface area contributed by atoms with E-state index in [0.717, 1.165) is 23.2 Å². The lowest BCUT2D eigenvalue weighted by atomic mass is 9.77. The van der Waals surface area contributed by atoms with E-state index in [0.29, 0.717) is 22.3 Å². The number of methoxy groups -OCH3 is 2. The molecule has 0 aromatic heterocycles. The molecule has 2 aromatic carbocycles. The molecule has 1 N–H and O–H groups in total. The van der Waals surface area contributed by atoms with Crippen LogP contribution in [-0.4, -0.2) is 41.0 Å². The van der Waals surface area contributed by atoms with Crippen molar-refractivity contribution in [3.63, 3.8) is 0 Å². The second-order valence-electron chi connectivity index (χ2n) is 7.63. The first kappa shape index (κ1) is 19.8. The fourth-order valence-electron chi connectivity index (χ4n) is 4.32. The van der Waals surface area contributed by atoms with Crippen LogP contribution in [0.4, 0.5) is 5.69 Å². The van der Waals surface area contributed by atoms with Crippen LogP contribution < -0.4 is 14.8 Å². The minimum Gasteiger partial charge on any atom is -0.493 e. The number of hydrogen-bond acceptors (Lipinski definition) is 5. The van der Waals surface area contributed by atoms with E-state index in [1.807, 2.05) is 24.3 Å². The van der Waals surface area contributed by atoms with Gasteiger partial charge in [-0.2, -0.15) is 0 Å². The minimum absolute atomic E-state index is 0.0959. The maximum Gasteiger partial charge on any atom is 0.242 e. The predicted molar refractivity (Wildman–Crippen MR) is 113 cm³/mol. The van der Waals surface area contributed by atoms with Gasteiger partial charge in [-0.3, -0.25) is 0 Å². The van der Waals surface area contributed by atoms with Gasteiger partial charge >= 0.3 is 0 Å². The Hall–Kier alpha value is -2.51. The van der Waals surface area contributed by atoms with Crippen molar-refractivity contribution in [2.75, 3.05) is 33.6 Å². The second kappa shape index (κ2) is 7.39. The molecule has 1 heterocycles. The van der Waals surface area contributed by atoms with Crippen molar-refractivity contribution in [1.29, 1.82) is 0 Å². The number of sulfonamides is 1. The van der Waals surface area contributed by atoms with Crippen molar-refractivity contribution in [2.24, 2.45) is 5.92 Å². The first-order chi connectivity index (χ1) is 13.9. The lowest BCUT2D eigenvalue weighted by molar-refractivity contribution is 0.353. The number of benzene rings is 2. The Morgan fingerprint density at radius 2 is 1.79 bits per heavy atom. The third-order valence-corrected chi connectivity index (χ3v) is 7.69. The second-order valence-corrected chi connectivity index (χ2v) is 9.78. The molecule has 154 valence electrons. The maximum absolute atomic E-state index is 12.6. The monoisotopic (exact) mass is 414 g/mol. The van der Waals surface area contributed by atoms with Gasteiger partial charge in [-0.25, -0.2) is 12.7 Å². The Morgan fingerprint density at radius 1 is 1.03 bits per heavy atom. The van der Waals surface area contributed by atoms with E-state index in [-0.39, 0.29) is 12.0 Å². The molecule has 0 radical (unpaired) electrons. The molecule has 1 aliphatic heterocycles. The highest BCUT2D eigenvalue weighted by molar-refractivity contribution is 7.89. The van der Waals surface area contributed by atoms with Crippen molar-refractivity contribution in [1.82, 2.24) is 4.31 Å². The first-order valence-corrected chi connectivity index (χ1v) is 11.0. The zero-order valence-corrected chi connectivity index (χ0v) is 17.9. The normalized spacial score (nSPS) is 22.7. The molecular formula is C22H26N2O4S. The molecule has 0 amide bonds. The topological polar surface area (TPSA) is 67.9 Å². The quantitative estimate of drug-likeness (QED) is 0.754. The minimum atomic E-state index is -3.47. The van der Waals surface area contributed by atoms with Gasteiger partial charge in [0.05, 0.1) is 25.2 Å². The lowest BCUT2D eigenvalue weighted by Gasteiger charge is -2.38. The number of allylic oxidation sites excluding steroid dienone is 2. The molecule has 6 nitrogen and oxygen atoms in total. The number of fused-ring (bicyclic) bond motifs is 3. The van der Waals surface area contributed by atoms with Crippen molar-refractivity contribution >= 4 is 15.7 Å². The van der Waals surface area contributed by atoms with Crippen molar-refractivity contribution in [3.05, 3.63) is 59.7 Å². The number of ether oxygens (including phenoxy) is 2. The van der Waals surface area contributed by atoms with Gasteiger partial charge in [-0.05, 0) is 53.8 Å². The van der Waals surface area contributed by atoms with Crippen LogP contribution in [0.5, 0.6) is 11.5 Å². The molecule has 3 unspecified atom stereocenters. The van der Waals surface area contributed by atoms with E-state index in [9.17, 15) is 8.42 Å². The van der Waals surface area contributed by atoms with Crippen LogP contribution in [0, 0.1) is 5.92 Å². The van der Waals surface area contributed by atoms with Crippen LogP contribution >= 0.6 is 0 Å². The molecule has 3 atom stereocenters. The van der Waals surface area contributed by atoms with Gasteiger partial charge in [0.2, 0.25) is 10.0 Å². The molecular weight excluding hydrogens is 388 g/mol. The summed E-state index contributed by atoms with van der Waals surface area (Å²) in [6, 6.07) is 11.5. The number of anilines is 1. The zero-order chi connectivity index (χ0) is 20.8. The molecule has 0 spiro atoms. The summed E-state index contributed by atoms with van der Waals surface area (Å²) in [5.74, 6) is 1.87. The third kappa shape index (κ3) is 3.28. The molecule has 29 heavy (non-hydrogen) atoms. The van der Waals surface area contributed by atoms with Crippen molar-refractivity contribution < 1.29 is 17.9 Å². The van der Waals surface area contributed by atoms with Gasteiger partial charge in [0.25, 0.3) is 0 Å². The van der Waals surface area contributed by atoms with Crippen LogP contribution in [0.25, 0.3) is 0 Å². The molecule has 0 saturated heterocycles. The van der Waals surface area contributed by atoms with Gasteiger partial charge in [-0.1, -0.05) is 18.2 Å². The van der Waals surface area contributed by atoms with Crippen LogP contribution in [0.1, 0.15) is 29.5 Å². The van der Waals surface area contributed by atoms with Crippen LogP contribution in [0.2, 0.25) is 0 Å². The summed E-state index contributed by atoms with van der Waals surface area (Å²) in [4.78, 5) is 0.326.